The Labute approximate surface area is 140 Å². The number of carbonyl (C=O) groups is 2. The maximum Gasteiger partial charge on any atom is 0.242 e. The Balaban J connectivity index is 1.68. The Morgan fingerprint density at radius 1 is 1.21 bits per heavy atom. The minimum absolute atomic E-state index is 0.0181. The zero-order valence-corrected chi connectivity index (χ0v) is 13.6. The highest BCUT2D eigenvalue weighted by Gasteiger charge is 2.34. The van der Waals surface area contributed by atoms with Crippen molar-refractivity contribution in [1.29, 1.82) is 0 Å². The minimum Gasteiger partial charge on any atom is -0.334 e. The van der Waals surface area contributed by atoms with E-state index in [0.29, 0.717) is 18.5 Å². The molecule has 1 aliphatic heterocycles. The standard InChI is InChI=1S/C18H22F2N2O2/c19-14-6-5-13(16(20)10-14)11-22(15-7-8-15)18(24)12-21-9-3-1-2-4-17(21)23/h5-6,10,15H,1-4,7-9,11-12H2. The van der Waals surface area contributed by atoms with Crippen LogP contribution in [0.2, 0.25) is 0 Å². The first-order valence-corrected chi connectivity index (χ1v) is 8.56. The van der Waals surface area contributed by atoms with E-state index in [1.807, 2.05) is 0 Å². The fourth-order valence-electron chi connectivity index (χ4n) is 3.10. The van der Waals surface area contributed by atoms with Gasteiger partial charge < -0.3 is 9.80 Å². The number of amides is 2. The van der Waals surface area contributed by atoms with Gasteiger partial charge in [-0.2, -0.15) is 0 Å². The lowest BCUT2D eigenvalue weighted by Crippen LogP contribution is -2.43. The summed E-state index contributed by atoms with van der Waals surface area (Å²) < 4.78 is 26.9. The molecule has 0 spiro atoms. The van der Waals surface area contributed by atoms with Gasteiger partial charge >= 0.3 is 0 Å². The fraction of sp³-hybridized carbons (Fsp3) is 0.556. The van der Waals surface area contributed by atoms with Crippen molar-refractivity contribution < 1.29 is 18.4 Å². The molecule has 2 aliphatic rings. The number of nitrogens with zero attached hydrogens (tertiary/aromatic N) is 2. The van der Waals surface area contributed by atoms with E-state index in [1.165, 1.54) is 12.1 Å². The van der Waals surface area contributed by atoms with E-state index < -0.39 is 11.6 Å². The largest absolute Gasteiger partial charge is 0.334 e. The lowest BCUT2D eigenvalue weighted by molar-refractivity contribution is -0.141. The van der Waals surface area contributed by atoms with Crippen molar-refractivity contribution >= 4 is 11.8 Å². The highest BCUT2D eigenvalue weighted by atomic mass is 19.1. The van der Waals surface area contributed by atoms with Crippen molar-refractivity contribution in [3.05, 3.63) is 35.4 Å². The van der Waals surface area contributed by atoms with E-state index in [0.717, 1.165) is 38.2 Å². The summed E-state index contributed by atoms with van der Waals surface area (Å²) in [6, 6.07) is 3.52. The molecular weight excluding hydrogens is 314 g/mol. The lowest BCUT2D eigenvalue weighted by atomic mass is 10.2. The lowest BCUT2D eigenvalue weighted by Gasteiger charge is -2.27. The fourth-order valence-corrected chi connectivity index (χ4v) is 3.10. The summed E-state index contributed by atoms with van der Waals surface area (Å²) in [5.41, 5.74) is 0.304. The molecule has 2 fully saturated rings. The number of benzene rings is 1. The van der Waals surface area contributed by atoms with Gasteiger partial charge in [0.25, 0.3) is 0 Å². The molecule has 0 N–H and O–H groups in total. The normalized spacial score (nSPS) is 18.4. The summed E-state index contributed by atoms with van der Waals surface area (Å²) in [4.78, 5) is 28.0. The second-order valence-corrected chi connectivity index (χ2v) is 6.61. The third-order valence-corrected chi connectivity index (χ3v) is 4.66. The molecule has 0 atom stereocenters. The van der Waals surface area contributed by atoms with Gasteiger partial charge in [-0.15, -0.1) is 0 Å². The molecule has 130 valence electrons. The van der Waals surface area contributed by atoms with E-state index in [9.17, 15) is 18.4 Å². The number of hydrogen-bond acceptors (Lipinski definition) is 2. The summed E-state index contributed by atoms with van der Waals surface area (Å²) >= 11 is 0. The predicted octanol–water partition coefficient (Wildman–Crippen LogP) is 2.86. The predicted molar refractivity (Wildman–Crippen MR) is 85.0 cm³/mol. The molecule has 1 aromatic rings. The summed E-state index contributed by atoms with van der Waals surface area (Å²) in [6.45, 7) is 0.782. The smallest absolute Gasteiger partial charge is 0.242 e. The second kappa shape index (κ2) is 7.28. The summed E-state index contributed by atoms with van der Waals surface area (Å²) in [6.07, 6.45) is 5.06. The van der Waals surface area contributed by atoms with E-state index in [-0.39, 0.29) is 30.9 Å². The summed E-state index contributed by atoms with van der Waals surface area (Å²) in [5.74, 6) is -1.41. The first kappa shape index (κ1) is 16.9. The maximum absolute atomic E-state index is 13.9. The molecule has 1 saturated carbocycles. The monoisotopic (exact) mass is 336 g/mol. The summed E-state index contributed by atoms with van der Waals surface area (Å²) in [5, 5.41) is 0. The van der Waals surface area contributed by atoms with Gasteiger partial charge in [-0.3, -0.25) is 9.59 Å². The van der Waals surface area contributed by atoms with Gasteiger partial charge in [-0.25, -0.2) is 8.78 Å². The molecule has 24 heavy (non-hydrogen) atoms. The van der Waals surface area contributed by atoms with E-state index in [2.05, 4.69) is 0 Å². The van der Waals surface area contributed by atoms with Crippen molar-refractivity contribution in [3.63, 3.8) is 0 Å². The van der Waals surface area contributed by atoms with Gasteiger partial charge in [0.05, 0.1) is 6.54 Å². The molecule has 3 rings (SSSR count). The van der Waals surface area contributed by atoms with Crippen molar-refractivity contribution in [2.24, 2.45) is 0 Å². The highest BCUT2D eigenvalue weighted by molar-refractivity contribution is 5.85. The SMILES string of the molecule is O=C1CCCCCN1CC(=O)N(Cc1ccc(F)cc1F)C1CC1. The van der Waals surface area contributed by atoms with Gasteiger partial charge in [0.15, 0.2) is 0 Å². The Bertz CT molecular complexity index is 631. The minimum atomic E-state index is -0.640. The van der Waals surface area contributed by atoms with Crippen molar-refractivity contribution in [3.8, 4) is 0 Å². The molecule has 1 heterocycles. The number of hydrogen-bond donors (Lipinski definition) is 0. The molecule has 1 aromatic carbocycles. The topological polar surface area (TPSA) is 40.6 Å². The molecular formula is C18H22F2N2O2. The zero-order chi connectivity index (χ0) is 17.1. The molecule has 4 nitrogen and oxygen atoms in total. The van der Waals surface area contributed by atoms with Crippen LogP contribution in [0.4, 0.5) is 8.78 Å². The van der Waals surface area contributed by atoms with Crippen LogP contribution in [0, 0.1) is 11.6 Å². The van der Waals surface area contributed by atoms with Gasteiger partial charge in [0.2, 0.25) is 11.8 Å². The average Bonchev–Trinajstić information content (AvgIpc) is 3.37. The first-order chi connectivity index (χ1) is 11.5. The Hall–Kier alpha value is -1.98. The van der Waals surface area contributed by atoms with E-state index >= 15 is 0 Å². The van der Waals surface area contributed by atoms with Gasteiger partial charge in [-0.1, -0.05) is 12.5 Å². The first-order valence-electron chi connectivity index (χ1n) is 8.56. The van der Waals surface area contributed by atoms with Crippen LogP contribution in [-0.4, -0.2) is 40.7 Å². The van der Waals surface area contributed by atoms with Crippen molar-refractivity contribution in [2.75, 3.05) is 13.1 Å². The van der Waals surface area contributed by atoms with Crippen LogP contribution >= 0.6 is 0 Å². The third kappa shape index (κ3) is 4.10. The van der Waals surface area contributed by atoms with Crippen LogP contribution in [-0.2, 0) is 16.1 Å². The van der Waals surface area contributed by atoms with Gasteiger partial charge in [-0.05, 0) is 31.7 Å². The van der Waals surface area contributed by atoms with Crippen LogP contribution in [0.25, 0.3) is 0 Å². The number of likely N-dealkylation sites (tertiary alicyclic amines) is 1. The molecule has 1 saturated heterocycles. The molecule has 6 heteroatoms. The average molecular weight is 336 g/mol. The number of carbonyl (C=O) groups excluding carboxylic acids is 2. The molecule has 0 radical (unpaired) electrons. The molecule has 0 aromatic heterocycles. The Kier molecular flexibility index (Phi) is 5.11. The molecule has 2 amide bonds. The Morgan fingerprint density at radius 2 is 2.00 bits per heavy atom. The van der Waals surface area contributed by atoms with Gasteiger partial charge in [0, 0.05) is 37.2 Å². The Morgan fingerprint density at radius 3 is 2.71 bits per heavy atom. The quantitative estimate of drug-likeness (QED) is 0.830. The van der Waals surface area contributed by atoms with Gasteiger partial charge in [0.1, 0.15) is 11.6 Å². The van der Waals surface area contributed by atoms with Crippen molar-refractivity contribution in [1.82, 2.24) is 9.80 Å². The van der Waals surface area contributed by atoms with E-state index in [4.69, 9.17) is 0 Å². The maximum atomic E-state index is 13.9. The third-order valence-electron chi connectivity index (χ3n) is 4.66. The highest BCUT2D eigenvalue weighted by Crippen LogP contribution is 2.29. The van der Waals surface area contributed by atoms with Crippen molar-refractivity contribution in [2.45, 2.75) is 51.1 Å². The zero-order valence-electron chi connectivity index (χ0n) is 13.6. The number of halogens is 2. The second-order valence-electron chi connectivity index (χ2n) is 6.61. The number of rotatable bonds is 5. The van der Waals surface area contributed by atoms with E-state index in [1.54, 1.807) is 9.80 Å². The van der Waals surface area contributed by atoms with Crippen LogP contribution < -0.4 is 0 Å². The molecule has 0 unspecified atom stereocenters. The van der Waals surface area contributed by atoms with Crippen LogP contribution in [0.5, 0.6) is 0 Å². The molecule has 0 bridgehead atoms. The summed E-state index contributed by atoms with van der Waals surface area (Å²) in [7, 11) is 0. The van der Waals surface area contributed by atoms with Crippen LogP contribution in [0.3, 0.4) is 0 Å². The van der Waals surface area contributed by atoms with Crippen LogP contribution in [0.15, 0.2) is 18.2 Å². The molecule has 1 aliphatic carbocycles. The van der Waals surface area contributed by atoms with Crippen LogP contribution in [0.1, 0.15) is 44.1 Å².